The second-order valence-electron chi connectivity index (χ2n) is 31.4. The normalized spacial score (nSPS) is 16.1. The van der Waals surface area contributed by atoms with E-state index in [0.29, 0.717) is 0 Å². The fraction of sp³-hybridized carbons (Fsp3) is 0.275. The Labute approximate surface area is 523 Å². The first kappa shape index (κ1) is 53.7. The molecule has 0 N–H and O–H groups in total. The van der Waals surface area contributed by atoms with E-state index in [1.807, 2.05) is 22.7 Å². The van der Waals surface area contributed by atoms with Crippen LogP contribution < -0.4 is 46.1 Å². The van der Waals surface area contributed by atoms with Crippen LogP contribution in [0.4, 0.5) is 51.2 Å². The summed E-state index contributed by atoms with van der Waals surface area (Å²) in [5.41, 5.74) is 33.0. The van der Waals surface area contributed by atoms with Crippen LogP contribution in [0.2, 0.25) is 0 Å². The van der Waals surface area contributed by atoms with Crippen molar-refractivity contribution in [2.24, 2.45) is 0 Å². The Kier molecular flexibility index (Phi) is 10.6. The molecule has 0 spiro atoms. The van der Waals surface area contributed by atoms with Crippen LogP contribution in [0.1, 0.15) is 155 Å². The van der Waals surface area contributed by atoms with E-state index in [-0.39, 0.29) is 45.9 Å². The summed E-state index contributed by atoms with van der Waals surface area (Å²) in [6.45, 7) is 38.0. The zero-order valence-electron chi connectivity index (χ0n) is 53.4. The van der Waals surface area contributed by atoms with E-state index < -0.39 is 0 Å². The lowest BCUT2D eigenvalue weighted by atomic mass is 9.31. The zero-order valence-corrected chi connectivity index (χ0v) is 55.0. The molecule has 87 heavy (non-hydrogen) atoms. The van der Waals surface area contributed by atoms with Crippen LogP contribution in [-0.2, 0) is 32.5 Å². The van der Waals surface area contributed by atoms with Gasteiger partial charge in [-0.1, -0.05) is 208 Å². The molecule has 11 aromatic rings. The second-order valence-corrected chi connectivity index (χ2v) is 33.5. The van der Waals surface area contributed by atoms with E-state index >= 15 is 0 Å². The van der Waals surface area contributed by atoms with Crippen molar-refractivity contribution in [1.29, 1.82) is 0 Å². The summed E-state index contributed by atoms with van der Waals surface area (Å²) in [6.07, 6.45) is 0. The Bertz CT molecular complexity index is 4570. The first-order chi connectivity index (χ1) is 41.2. The monoisotopic (exact) mass is 1160 g/mol. The van der Waals surface area contributed by atoms with Gasteiger partial charge in [-0.25, -0.2) is 0 Å². The molecule has 17 rings (SSSR count). The predicted octanol–water partition coefficient (Wildman–Crippen LogP) is 18.6. The quantitative estimate of drug-likeness (QED) is 0.160. The van der Waals surface area contributed by atoms with Gasteiger partial charge in [0, 0.05) is 80.4 Å². The number of fused-ring (bicyclic) bond motifs is 20. The van der Waals surface area contributed by atoms with Crippen molar-refractivity contribution in [3.63, 3.8) is 0 Å². The highest BCUT2D eigenvalue weighted by Gasteiger charge is 2.54. The van der Waals surface area contributed by atoms with E-state index in [4.69, 9.17) is 0 Å². The van der Waals surface area contributed by atoms with Crippen molar-refractivity contribution in [1.82, 2.24) is 0 Å². The van der Waals surface area contributed by atoms with Gasteiger partial charge in [-0.2, -0.15) is 0 Å². The van der Waals surface area contributed by atoms with Crippen molar-refractivity contribution in [2.45, 2.75) is 143 Å². The summed E-state index contributed by atoms with van der Waals surface area (Å²) >= 11 is 4.09. The topological polar surface area (TPSA) is 9.72 Å². The number of benzene rings is 9. The zero-order chi connectivity index (χ0) is 60.3. The van der Waals surface area contributed by atoms with E-state index in [9.17, 15) is 0 Å². The number of anilines is 9. The summed E-state index contributed by atoms with van der Waals surface area (Å²) in [4.78, 5) is 8.23. The molecular formula is C80H75B2N3S2. The van der Waals surface area contributed by atoms with Crippen LogP contribution >= 0.6 is 22.7 Å². The minimum absolute atomic E-state index is 0.0132. The molecule has 428 valence electrons. The van der Waals surface area contributed by atoms with E-state index in [0.717, 1.165) is 0 Å². The highest BCUT2D eigenvalue weighted by Crippen LogP contribution is 2.58. The van der Waals surface area contributed by atoms with Crippen molar-refractivity contribution < 1.29 is 0 Å². The fourth-order valence-electron chi connectivity index (χ4n) is 16.4. The third kappa shape index (κ3) is 7.19. The summed E-state index contributed by atoms with van der Waals surface area (Å²) < 4.78 is 5.54. The standard InChI is InChI=1S/C80H75B2N3S2/c1-75(2,3)44-25-31-48(32-26-44)83-64-43-65-69-72-68(64)81(73-70(83)54-39-52-50-21-17-19-23-56(50)79(13,14)58(52)41-66(54)86-73)60-37-46(77(7,8)9)29-35-62(60)85(72)63-36-30-47(78(10,11)12)38-61(63)82(69)74-71(84(65)49-33-27-45(28-34-49)76(4,5)6)55-40-53-51-22-18-20-24-57(51)80(15,16)59(53)42-67(55)87-74/h17-43H,1-16H3. The van der Waals surface area contributed by atoms with Gasteiger partial charge in [0.2, 0.25) is 0 Å². The Morgan fingerprint density at radius 2 is 0.701 bits per heavy atom. The lowest BCUT2D eigenvalue weighted by molar-refractivity contribution is 0.590. The molecule has 0 fully saturated rings. The van der Waals surface area contributed by atoms with E-state index in [1.54, 1.807) is 0 Å². The molecule has 0 bridgehead atoms. The van der Waals surface area contributed by atoms with Crippen molar-refractivity contribution in [3.05, 3.63) is 208 Å². The first-order valence-electron chi connectivity index (χ1n) is 31.7. The molecule has 0 saturated heterocycles. The highest BCUT2D eigenvalue weighted by atomic mass is 32.1. The maximum Gasteiger partial charge on any atom is 0.264 e. The van der Waals surface area contributed by atoms with Gasteiger partial charge in [0.1, 0.15) is 0 Å². The second kappa shape index (κ2) is 17.2. The number of nitrogens with zero attached hydrogens (tertiary/aromatic N) is 3. The molecule has 0 radical (unpaired) electrons. The molecule has 7 heteroatoms. The Hall–Kier alpha value is -7.57. The van der Waals surface area contributed by atoms with Crippen molar-refractivity contribution in [2.75, 3.05) is 14.7 Å². The Morgan fingerprint density at radius 3 is 1.08 bits per heavy atom. The predicted molar refractivity (Wildman–Crippen MR) is 380 cm³/mol. The molecule has 2 aliphatic carbocycles. The highest BCUT2D eigenvalue weighted by molar-refractivity contribution is 7.35. The maximum absolute atomic E-state index is 2.76. The van der Waals surface area contributed by atoms with Crippen LogP contribution in [0.25, 0.3) is 42.4 Å². The van der Waals surface area contributed by atoms with Crippen LogP contribution in [0, 0.1) is 0 Å². The summed E-state index contributed by atoms with van der Waals surface area (Å²) in [7, 11) is 0. The number of hydrogen-bond acceptors (Lipinski definition) is 5. The van der Waals surface area contributed by atoms with Gasteiger partial charge >= 0.3 is 0 Å². The first-order valence-corrected chi connectivity index (χ1v) is 33.4. The van der Waals surface area contributed by atoms with Gasteiger partial charge in [0.05, 0.1) is 11.4 Å². The minimum Gasteiger partial charge on any atom is -0.312 e. The van der Waals surface area contributed by atoms with E-state index in [1.165, 1.54) is 170 Å². The average Bonchev–Trinajstić information content (AvgIpc) is 1.60. The minimum atomic E-state index is -0.133. The molecule has 0 atom stereocenters. The number of hydrogen-bond donors (Lipinski definition) is 0. The third-order valence-electron chi connectivity index (χ3n) is 21.2. The van der Waals surface area contributed by atoms with Crippen molar-refractivity contribution in [3.8, 4) is 22.3 Å². The van der Waals surface area contributed by atoms with Gasteiger partial charge in [0.25, 0.3) is 13.4 Å². The SMILES string of the molecule is CC(C)(C)c1ccc(N2c3cc4c5c6c3B(c3cc(C(C)(C)C)ccc3N6c3ccc(C(C)(C)C)cc3B5c3sc5cc6c(cc5c3N4c3ccc(C(C)(C)C)cc3)-c3ccccc3C6(C)C)c3sc4cc5c(cc4c32)-c2ccccc2C5(C)C)cc1. The molecule has 3 nitrogen and oxygen atoms in total. The summed E-state index contributed by atoms with van der Waals surface area (Å²) in [6, 6.07) is 65.9. The molecule has 0 amide bonds. The molecule has 9 aromatic carbocycles. The van der Waals surface area contributed by atoms with Crippen LogP contribution in [0.5, 0.6) is 0 Å². The molecular weight excluding hydrogens is 1090 g/mol. The third-order valence-corrected chi connectivity index (χ3v) is 23.7. The fourth-order valence-corrected chi connectivity index (χ4v) is 19.1. The smallest absolute Gasteiger partial charge is 0.264 e. The molecule has 6 heterocycles. The lowest BCUT2D eigenvalue weighted by Crippen LogP contribution is -2.68. The summed E-state index contributed by atoms with van der Waals surface area (Å²) in [5.74, 6) is 0. The largest absolute Gasteiger partial charge is 0.312 e. The molecule has 4 aliphatic heterocycles. The van der Waals surface area contributed by atoms with Crippen molar-refractivity contribution >= 4 is 139 Å². The van der Waals surface area contributed by atoms with Crippen LogP contribution in [-0.4, -0.2) is 13.4 Å². The molecule has 2 aromatic heterocycles. The Morgan fingerprint density at radius 1 is 0.333 bits per heavy atom. The molecule has 6 aliphatic rings. The molecule has 0 unspecified atom stereocenters. The number of thiophene rings is 2. The molecule has 0 saturated carbocycles. The average molecular weight is 1160 g/mol. The maximum atomic E-state index is 2.76. The van der Waals surface area contributed by atoms with Gasteiger partial charge in [0.15, 0.2) is 0 Å². The summed E-state index contributed by atoms with van der Waals surface area (Å²) in [5, 5.41) is 2.65. The van der Waals surface area contributed by atoms with Crippen LogP contribution in [0.3, 0.4) is 0 Å². The van der Waals surface area contributed by atoms with Gasteiger partial charge in [-0.15, -0.1) is 22.7 Å². The lowest BCUT2D eigenvalue weighted by Gasteiger charge is -2.50. The number of rotatable bonds is 2. The van der Waals surface area contributed by atoms with E-state index in [2.05, 4.69) is 289 Å². The van der Waals surface area contributed by atoms with Gasteiger partial charge in [-0.3, -0.25) is 0 Å². The van der Waals surface area contributed by atoms with Gasteiger partial charge < -0.3 is 14.7 Å². The van der Waals surface area contributed by atoms with Crippen LogP contribution in [0.15, 0.2) is 164 Å². The van der Waals surface area contributed by atoms with Gasteiger partial charge in [-0.05, 0) is 177 Å². The Balaban J connectivity index is 1.05.